The summed E-state index contributed by atoms with van der Waals surface area (Å²) in [5.74, 6) is -1.24. The first kappa shape index (κ1) is 18.5. The zero-order valence-electron chi connectivity index (χ0n) is 15.0. The maximum Gasteiger partial charge on any atom is 0.252 e. The van der Waals surface area contributed by atoms with Crippen LogP contribution >= 0.6 is 0 Å². The van der Waals surface area contributed by atoms with E-state index in [1.54, 1.807) is 24.3 Å². The van der Waals surface area contributed by atoms with Gasteiger partial charge in [-0.1, -0.05) is 36.4 Å². The molecule has 1 atom stereocenters. The molecule has 0 aliphatic heterocycles. The van der Waals surface area contributed by atoms with E-state index in [0.717, 1.165) is 0 Å². The number of carbonyl (C=O) groups excluding carboxylic acids is 1. The minimum atomic E-state index is -1.02. The average molecular weight is 391 g/mol. The lowest BCUT2D eigenvalue weighted by atomic mass is 10.1. The molecule has 0 spiro atoms. The number of aromatic nitrogens is 2. The van der Waals surface area contributed by atoms with Crippen molar-refractivity contribution in [2.75, 3.05) is 0 Å². The van der Waals surface area contributed by atoms with E-state index in [1.165, 1.54) is 36.4 Å². The zero-order valence-corrected chi connectivity index (χ0v) is 15.0. The molecule has 7 heteroatoms. The van der Waals surface area contributed by atoms with E-state index in [2.05, 4.69) is 15.5 Å². The van der Waals surface area contributed by atoms with Gasteiger partial charge in [-0.25, -0.2) is 8.78 Å². The van der Waals surface area contributed by atoms with E-state index in [9.17, 15) is 13.6 Å². The molecule has 0 radical (unpaired) electrons. The van der Waals surface area contributed by atoms with Crippen LogP contribution in [0.2, 0.25) is 0 Å². The van der Waals surface area contributed by atoms with Crippen molar-refractivity contribution < 1.29 is 18.0 Å². The van der Waals surface area contributed by atoms with Crippen molar-refractivity contribution in [1.29, 1.82) is 0 Å². The number of rotatable bonds is 5. The molecule has 144 valence electrons. The van der Waals surface area contributed by atoms with Crippen LogP contribution in [-0.4, -0.2) is 16.1 Å². The van der Waals surface area contributed by atoms with E-state index < -0.39 is 23.6 Å². The second-order valence-corrected chi connectivity index (χ2v) is 6.25. The normalized spacial score (nSPS) is 11.8. The highest BCUT2D eigenvalue weighted by molar-refractivity contribution is 5.94. The average Bonchev–Trinajstić information content (AvgIpc) is 3.24. The summed E-state index contributed by atoms with van der Waals surface area (Å²) in [5, 5.41) is 10.7. The molecule has 29 heavy (non-hydrogen) atoms. The standard InChI is InChI=1S/C22H15F2N3O2/c23-16-12-10-14(11-13-16)20(28)25-19(17-8-4-5-9-18(17)24)22-27-26-21(29-22)15-6-2-1-3-7-15/h1-13,19H,(H,25,28)/t19-/m1/s1. The van der Waals surface area contributed by atoms with E-state index in [0.29, 0.717) is 5.56 Å². The number of carbonyl (C=O) groups is 1. The monoisotopic (exact) mass is 391 g/mol. The van der Waals surface area contributed by atoms with Gasteiger partial charge >= 0.3 is 0 Å². The molecule has 0 saturated carbocycles. The second kappa shape index (κ2) is 8.02. The lowest BCUT2D eigenvalue weighted by Gasteiger charge is -2.16. The Morgan fingerprint density at radius 2 is 1.55 bits per heavy atom. The van der Waals surface area contributed by atoms with Crippen LogP contribution in [-0.2, 0) is 0 Å². The summed E-state index contributed by atoms with van der Waals surface area (Å²) < 4.78 is 33.3. The van der Waals surface area contributed by atoms with E-state index in [-0.39, 0.29) is 22.9 Å². The summed E-state index contributed by atoms with van der Waals surface area (Å²) in [5.41, 5.74) is 1.09. The Labute approximate surface area is 165 Å². The molecular weight excluding hydrogens is 376 g/mol. The van der Waals surface area contributed by atoms with E-state index >= 15 is 0 Å². The molecule has 1 N–H and O–H groups in total. The lowest BCUT2D eigenvalue weighted by molar-refractivity contribution is 0.0937. The maximum absolute atomic E-state index is 14.5. The minimum absolute atomic E-state index is 0.0319. The smallest absolute Gasteiger partial charge is 0.252 e. The van der Waals surface area contributed by atoms with Crippen LogP contribution in [0.4, 0.5) is 8.78 Å². The van der Waals surface area contributed by atoms with Crippen LogP contribution in [0, 0.1) is 11.6 Å². The van der Waals surface area contributed by atoms with Gasteiger partial charge in [-0.15, -0.1) is 10.2 Å². The van der Waals surface area contributed by atoms with Crippen LogP contribution in [0.15, 0.2) is 83.3 Å². The van der Waals surface area contributed by atoms with Gasteiger partial charge in [0.2, 0.25) is 11.8 Å². The Morgan fingerprint density at radius 1 is 0.862 bits per heavy atom. The number of benzene rings is 3. The molecular formula is C22H15F2N3O2. The Kier molecular flexibility index (Phi) is 5.11. The summed E-state index contributed by atoms with van der Waals surface area (Å²) in [6, 6.07) is 19.1. The van der Waals surface area contributed by atoms with Gasteiger partial charge in [0.05, 0.1) is 0 Å². The fourth-order valence-corrected chi connectivity index (χ4v) is 2.85. The van der Waals surface area contributed by atoms with Gasteiger partial charge < -0.3 is 9.73 Å². The number of nitrogens with zero attached hydrogens (tertiary/aromatic N) is 2. The Balaban J connectivity index is 1.70. The first-order chi connectivity index (χ1) is 14.1. The van der Waals surface area contributed by atoms with Crippen molar-refractivity contribution in [3.8, 4) is 11.5 Å². The third kappa shape index (κ3) is 4.03. The van der Waals surface area contributed by atoms with Crippen molar-refractivity contribution >= 4 is 5.91 Å². The highest BCUT2D eigenvalue weighted by atomic mass is 19.1. The van der Waals surface area contributed by atoms with Crippen LogP contribution in [0.3, 0.4) is 0 Å². The topological polar surface area (TPSA) is 68.0 Å². The molecule has 0 unspecified atom stereocenters. The van der Waals surface area contributed by atoms with Crippen molar-refractivity contribution in [2.24, 2.45) is 0 Å². The fraction of sp³-hybridized carbons (Fsp3) is 0.0455. The van der Waals surface area contributed by atoms with Gasteiger partial charge in [0.1, 0.15) is 17.7 Å². The number of hydrogen-bond acceptors (Lipinski definition) is 4. The molecule has 1 heterocycles. The second-order valence-electron chi connectivity index (χ2n) is 6.25. The summed E-state index contributed by atoms with van der Waals surface area (Å²) in [6.45, 7) is 0. The number of amides is 1. The van der Waals surface area contributed by atoms with Gasteiger partial charge in [-0.2, -0.15) is 0 Å². The van der Waals surface area contributed by atoms with Crippen molar-refractivity contribution in [3.63, 3.8) is 0 Å². The van der Waals surface area contributed by atoms with Gasteiger partial charge in [0.15, 0.2) is 0 Å². The summed E-state index contributed by atoms with van der Waals surface area (Å²) in [7, 11) is 0. The van der Waals surface area contributed by atoms with Gasteiger partial charge in [-0.3, -0.25) is 4.79 Å². The maximum atomic E-state index is 14.5. The predicted octanol–water partition coefficient (Wildman–Crippen LogP) is 4.53. The Morgan fingerprint density at radius 3 is 2.28 bits per heavy atom. The molecule has 1 aromatic heterocycles. The SMILES string of the molecule is O=C(N[C@@H](c1nnc(-c2ccccc2)o1)c1ccccc1F)c1ccc(F)cc1. The Bertz CT molecular complexity index is 1130. The van der Waals surface area contributed by atoms with Gasteiger partial charge in [0.25, 0.3) is 5.91 Å². The molecule has 0 aliphatic rings. The largest absolute Gasteiger partial charge is 0.418 e. The molecule has 0 saturated heterocycles. The summed E-state index contributed by atoms with van der Waals surface area (Å²) in [6.07, 6.45) is 0. The van der Waals surface area contributed by atoms with E-state index in [1.807, 2.05) is 18.2 Å². The third-order valence-electron chi connectivity index (χ3n) is 4.31. The zero-order chi connectivity index (χ0) is 20.2. The van der Waals surface area contributed by atoms with Gasteiger partial charge in [-0.05, 0) is 42.5 Å². The van der Waals surface area contributed by atoms with E-state index in [4.69, 9.17) is 4.42 Å². The molecule has 0 aliphatic carbocycles. The van der Waals surface area contributed by atoms with Crippen molar-refractivity contribution in [1.82, 2.24) is 15.5 Å². The molecule has 3 aromatic carbocycles. The molecule has 4 aromatic rings. The number of nitrogens with one attached hydrogen (secondary N) is 1. The first-order valence-electron chi connectivity index (χ1n) is 8.81. The third-order valence-corrected chi connectivity index (χ3v) is 4.31. The number of halogens is 2. The fourth-order valence-electron chi connectivity index (χ4n) is 2.85. The van der Waals surface area contributed by atoms with Crippen molar-refractivity contribution in [2.45, 2.75) is 6.04 Å². The Hall–Kier alpha value is -3.87. The lowest BCUT2D eigenvalue weighted by Crippen LogP contribution is -2.30. The first-order valence-corrected chi connectivity index (χ1v) is 8.81. The number of hydrogen-bond donors (Lipinski definition) is 1. The predicted molar refractivity (Wildman–Crippen MR) is 102 cm³/mol. The van der Waals surface area contributed by atoms with Crippen LogP contribution in [0.25, 0.3) is 11.5 Å². The molecule has 5 nitrogen and oxygen atoms in total. The van der Waals surface area contributed by atoms with Crippen LogP contribution in [0.5, 0.6) is 0 Å². The van der Waals surface area contributed by atoms with Crippen molar-refractivity contribution in [3.05, 3.63) is 108 Å². The molecule has 4 rings (SSSR count). The molecule has 0 bridgehead atoms. The highest BCUT2D eigenvalue weighted by Crippen LogP contribution is 2.27. The molecule has 1 amide bonds. The highest BCUT2D eigenvalue weighted by Gasteiger charge is 2.26. The van der Waals surface area contributed by atoms with Crippen LogP contribution in [0.1, 0.15) is 27.9 Å². The summed E-state index contributed by atoms with van der Waals surface area (Å²) in [4.78, 5) is 12.7. The summed E-state index contributed by atoms with van der Waals surface area (Å²) >= 11 is 0. The van der Waals surface area contributed by atoms with Crippen LogP contribution < -0.4 is 5.32 Å². The minimum Gasteiger partial charge on any atom is -0.418 e. The van der Waals surface area contributed by atoms with Gasteiger partial charge in [0, 0.05) is 16.7 Å². The quantitative estimate of drug-likeness (QED) is 0.543. The molecule has 0 fully saturated rings.